The van der Waals surface area contributed by atoms with E-state index in [0.717, 1.165) is 16.7 Å². The van der Waals surface area contributed by atoms with Crippen LogP contribution in [-0.4, -0.2) is 158 Å². The van der Waals surface area contributed by atoms with Crippen molar-refractivity contribution in [2.45, 2.75) is 187 Å². The Morgan fingerprint density at radius 1 is 0.819 bits per heavy atom. The highest BCUT2D eigenvalue weighted by Crippen LogP contribution is 2.45. The quantitative estimate of drug-likeness (QED) is 0.0412. The maximum absolute atomic E-state index is 14.1. The number of carboxylic acids is 1. The topological polar surface area (TPSA) is 357 Å². The summed E-state index contributed by atoms with van der Waals surface area (Å²) in [6.45, 7) is 12.6. The molecule has 4 rings (SSSR count). The van der Waals surface area contributed by atoms with Crippen molar-refractivity contribution in [3.8, 4) is 0 Å². The number of amides is 5. The van der Waals surface area contributed by atoms with Crippen molar-refractivity contribution in [1.82, 2.24) is 26.6 Å². The number of ether oxygens (including phenoxy) is 2. The van der Waals surface area contributed by atoms with Gasteiger partial charge in [0.25, 0.3) is 0 Å². The van der Waals surface area contributed by atoms with E-state index in [1.165, 1.54) is 6.08 Å². The fraction of sp³-hybridized carbons (Fsp3) is 0.617. The standard InChI is InChI=1S/C60H86ClN5O17/c1-32(2)25-42-58(80)82-47(11-9-12-49(73)64-41(27-37-16-15-34(5)40(61)26-37)57(79)63-31-60(7,8)59(81)65-42)35(6)55-56(83-55)38-20-17-36(18-21-38)19-23-43(68)39(22-24-48(72)62-29-45(70)53(77)54(78)46(71)30-67)28-44(69)52(33(3)4)66-50(74)13-10-14-51(75)76/h9,12,15-18,20-21,26,32-33,35,39,41-42,45-47,52-56,67,70-71,77-78H,10-11,13-14,19,22-25,27-31H2,1-8H3,(H,62,72)(H,63,79)(H,64,73)(H,65,81)(H,66,74)(H,75,76)/b12-9+/t35-,39+,41+,42-,45-,46+,47-,52-,53+,54+,55+,56+/m0/s1. The Morgan fingerprint density at radius 2 is 1.48 bits per heavy atom. The molecular formula is C60H86ClN5O17. The van der Waals surface area contributed by atoms with Gasteiger partial charge in [-0.3, -0.25) is 38.4 Å². The predicted octanol–water partition coefficient (Wildman–Crippen LogP) is 2.80. The fourth-order valence-electron chi connectivity index (χ4n) is 9.55. The molecule has 5 amide bonds. The number of hydrogen-bond acceptors (Lipinski definition) is 16. The molecule has 0 aliphatic carbocycles. The highest BCUT2D eigenvalue weighted by atomic mass is 35.5. The number of aryl methyl sites for hydroxylation is 2. The van der Waals surface area contributed by atoms with Crippen LogP contribution in [0.5, 0.6) is 0 Å². The average molecular weight is 1180 g/mol. The number of nitrogens with one attached hydrogen (secondary N) is 5. The lowest BCUT2D eigenvalue weighted by Gasteiger charge is -2.30. The number of carboxylic acid groups (broad SMARTS) is 1. The number of Topliss-reactive ketones (excluding diaryl/α,β-unsaturated/α-hetero) is 2. The van der Waals surface area contributed by atoms with E-state index < -0.39 is 144 Å². The van der Waals surface area contributed by atoms with Crippen LogP contribution in [0.4, 0.5) is 0 Å². The van der Waals surface area contributed by atoms with Crippen LogP contribution < -0.4 is 26.6 Å². The van der Waals surface area contributed by atoms with Crippen LogP contribution in [0, 0.1) is 36.0 Å². The van der Waals surface area contributed by atoms with Crippen LogP contribution in [0.15, 0.2) is 54.6 Å². The van der Waals surface area contributed by atoms with E-state index in [0.29, 0.717) is 10.6 Å². The molecule has 2 aromatic carbocycles. The third-order valence-electron chi connectivity index (χ3n) is 15.0. The number of benzene rings is 2. The van der Waals surface area contributed by atoms with E-state index in [4.69, 9.17) is 31.3 Å². The van der Waals surface area contributed by atoms with Crippen LogP contribution >= 0.6 is 11.6 Å². The number of hydrogen-bond donors (Lipinski definition) is 11. The first-order valence-electron chi connectivity index (χ1n) is 28.4. The van der Waals surface area contributed by atoms with E-state index in [1.807, 2.05) is 64.1 Å². The molecule has 2 aliphatic rings. The van der Waals surface area contributed by atoms with Crippen LogP contribution in [0.25, 0.3) is 0 Å². The highest BCUT2D eigenvalue weighted by molar-refractivity contribution is 6.31. The maximum Gasteiger partial charge on any atom is 0.328 e. The van der Waals surface area contributed by atoms with Gasteiger partial charge in [0.2, 0.25) is 29.5 Å². The molecule has 22 nitrogen and oxygen atoms in total. The van der Waals surface area contributed by atoms with Gasteiger partial charge in [-0.15, -0.1) is 0 Å². The van der Waals surface area contributed by atoms with E-state index in [1.54, 1.807) is 39.8 Å². The number of carbonyl (C=O) groups excluding carboxylic acids is 8. The molecule has 1 fully saturated rings. The van der Waals surface area contributed by atoms with Crippen molar-refractivity contribution in [3.05, 3.63) is 81.9 Å². The molecule has 2 aliphatic heterocycles. The molecule has 0 unspecified atom stereocenters. The summed E-state index contributed by atoms with van der Waals surface area (Å²) in [5.41, 5.74) is 1.90. The fourth-order valence-corrected chi connectivity index (χ4v) is 9.75. The van der Waals surface area contributed by atoms with Crippen LogP contribution in [0.1, 0.15) is 135 Å². The van der Waals surface area contributed by atoms with Gasteiger partial charge in [0.1, 0.15) is 48.4 Å². The number of cyclic esters (lactones) is 1. The largest absolute Gasteiger partial charge is 0.481 e. The van der Waals surface area contributed by atoms with E-state index in [2.05, 4.69) is 26.6 Å². The minimum Gasteiger partial charge on any atom is -0.481 e. The zero-order chi connectivity index (χ0) is 61.9. The van der Waals surface area contributed by atoms with Crippen LogP contribution in [-0.2, 0) is 65.5 Å². The highest BCUT2D eigenvalue weighted by Gasteiger charge is 2.48. The Bertz CT molecular complexity index is 2590. The lowest BCUT2D eigenvalue weighted by Crippen LogP contribution is -2.54. The van der Waals surface area contributed by atoms with Crippen molar-refractivity contribution >= 4 is 64.6 Å². The summed E-state index contributed by atoms with van der Waals surface area (Å²) in [4.78, 5) is 120. The molecule has 0 bridgehead atoms. The first kappa shape index (κ1) is 69.4. The number of esters is 1. The third kappa shape index (κ3) is 22.4. The van der Waals surface area contributed by atoms with Gasteiger partial charge in [0.05, 0.1) is 30.3 Å². The van der Waals surface area contributed by atoms with Crippen molar-refractivity contribution in [2.24, 2.45) is 29.1 Å². The Hall–Kier alpha value is -6.14. The Balaban J connectivity index is 1.50. The Labute approximate surface area is 490 Å². The second-order valence-electron chi connectivity index (χ2n) is 23.4. The number of epoxide rings is 1. The zero-order valence-electron chi connectivity index (χ0n) is 48.7. The summed E-state index contributed by atoms with van der Waals surface area (Å²) in [7, 11) is 0. The summed E-state index contributed by atoms with van der Waals surface area (Å²) in [5, 5.41) is 72.2. The van der Waals surface area contributed by atoms with Gasteiger partial charge in [-0.1, -0.05) is 88.7 Å². The molecule has 0 radical (unpaired) electrons. The molecule has 12 atom stereocenters. The summed E-state index contributed by atoms with van der Waals surface area (Å²) < 4.78 is 12.4. The van der Waals surface area contributed by atoms with E-state index in [-0.39, 0.29) is 88.9 Å². The molecule has 2 heterocycles. The van der Waals surface area contributed by atoms with Crippen LogP contribution in [0.2, 0.25) is 5.02 Å². The lowest BCUT2D eigenvalue weighted by atomic mass is 9.85. The molecule has 0 aromatic heterocycles. The van der Waals surface area contributed by atoms with Crippen molar-refractivity contribution in [2.75, 3.05) is 19.7 Å². The van der Waals surface area contributed by atoms with Gasteiger partial charge < -0.3 is 66.7 Å². The van der Waals surface area contributed by atoms with Crippen molar-refractivity contribution in [3.63, 3.8) is 0 Å². The molecule has 0 spiro atoms. The summed E-state index contributed by atoms with van der Waals surface area (Å²) in [6.07, 6.45) is -6.67. The number of aliphatic carboxylic acids is 1. The second-order valence-corrected chi connectivity index (χ2v) is 23.8. The van der Waals surface area contributed by atoms with Crippen molar-refractivity contribution in [1.29, 1.82) is 0 Å². The van der Waals surface area contributed by atoms with E-state index >= 15 is 0 Å². The summed E-state index contributed by atoms with van der Waals surface area (Å²) >= 11 is 6.40. The summed E-state index contributed by atoms with van der Waals surface area (Å²) in [6, 6.07) is 9.60. The second kappa shape index (κ2) is 32.8. The number of rotatable bonds is 29. The van der Waals surface area contributed by atoms with Gasteiger partial charge in [0, 0.05) is 74.9 Å². The monoisotopic (exact) mass is 1180 g/mol. The number of halogens is 1. The third-order valence-corrected chi connectivity index (χ3v) is 15.4. The first-order chi connectivity index (χ1) is 39.0. The smallest absolute Gasteiger partial charge is 0.328 e. The number of aliphatic hydroxyl groups excluding tert-OH is 5. The number of carbonyl (C=O) groups is 9. The Kier molecular flexibility index (Phi) is 27.4. The van der Waals surface area contributed by atoms with Gasteiger partial charge in [0.15, 0.2) is 5.78 Å². The number of aliphatic hydroxyl groups is 5. The van der Waals surface area contributed by atoms with Crippen LogP contribution in [0.3, 0.4) is 0 Å². The molecule has 11 N–H and O–H groups in total. The molecular weight excluding hydrogens is 1100 g/mol. The van der Waals surface area contributed by atoms with Gasteiger partial charge in [-0.2, -0.15) is 0 Å². The zero-order valence-corrected chi connectivity index (χ0v) is 49.5. The maximum atomic E-state index is 14.1. The molecule has 1 saturated heterocycles. The summed E-state index contributed by atoms with van der Waals surface area (Å²) in [5.74, 6) is -7.23. The van der Waals surface area contributed by atoms with Crippen molar-refractivity contribution < 1.29 is 83.3 Å². The normalized spacial score (nSPS) is 22.5. The minimum atomic E-state index is -1.92. The minimum absolute atomic E-state index is 0.0277. The van der Waals surface area contributed by atoms with Gasteiger partial charge in [-0.25, -0.2) is 4.79 Å². The molecule has 0 saturated carbocycles. The first-order valence-corrected chi connectivity index (χ1v) is 28.8. The van der Waals surface area contributed by atoms with Gasteiger partial charge in [-0.05, 0) is 92.7 Å². The lowest BCUT2D eigenvalue weighted by molar-refractivity contribution is -0.157. The number of ketones is 2. The van der Waals surface area contributed by atoms with Gasteiger partial charge >= 0.3 is 11.9 Å². The molecule has 460 valence electrons. The van der Waals surface area contributed by atoms with E-state index in [9.17, 15) is 63.6 Å². The predicted molar refractivity (Wildman–Crippen MR) is 305 cm³/mol. The Morgan fingerprint density at radius 3 is 2.11 bits per heavy atom. The molecule has 83 heavy (non-hydrogen) atoms. The molecule has 23 heteroatoms. The molecule has 2 aromatic rings. The average Bonchev–Trinajstić information content (AvgIpc) is 4.43. The SMILES string of the molecule is Cc1ccc(C[C@H]2NC(=O)/C=C/C[C@@H]([C@H](C)[C@H]3O[C@@H]3c3ccc(CCC(=O)[C@H](CCC(=O)NC[C@H](O)[C@@H](O)[C@H](O)[C@H](O)CO)CC(=O)[C@@H](NC(=O)CCCC(=O)O)C(C)C)cc3)OC(=O)[C@H](CC(C)C)NC(=O)C(C)(C)CNC2=O)cc1Cl.